The molecule has 0 aromatic carbocycles. The first-order valence-corrected chi connectivity index (χ1v) is 6.33. The molecule has 0 fully saturated rings. The minimum Gasteiger partial charge on any atom is -0.363 e. The fourth-order valence-electron chi connectivity index (χ4n) is 1.57. The Morgan fingerprint density at radius 3 is 2.68 bits per heavy atom. The molecule has 2 aromatic heterocycles. The number of anilines is 1. The van der Waals surface area contributed by atoms with Crippen LogP contribution in [0.25, 0.3) is 0 Å². The molecule has 0 saturated carbocycles. The summed E-state index contributed by atoms with van der Waals surface area (Å²) in [5, 5.41) is 13.8. The number of rotatable bonds is 4. The molecule has 0 aliphatic heterocycles. The molecule has 0 amide bonds. The van der Waals surface area contributed by atoms with E-state index in [1.165, 1.54) is 12.3 Å². The number of hydrogen-bond acceptors (Lipinski definition) is 5. The van der Waals surface area contributed by atoms with Gasteiger partial charge in [-0.3, -0.25) is 15.1 Å². The maximum atomic E-state index is 10.6. The first kappa shape index (κ1) is 13.4. The van der Waals surface area contributed by atoms with E-state index in [9.17, 15) is 10.1 Å². The van der Waals surface area contributed by atoms with Crippen molar-refractivity contribution in [3.05, 3.63) is 56.9 Å². The van der Waals surface area contributed by atoms with Crippen molar-refractivity contribution in [2.75, 3.05) is 5.32 Å². The summed E-state index contributed by atoms with van der Waals surface area (Å²) >= 11 is 3.27. The second-order valence-corrected chi connectivity index (χ2v) is 4.78. The van der Waals surface area contributed by atoms with Crippen LogP contribution in [0.5, 0.6) is 0 Å². The summed E-state index contributed by atoms with van der Waals surface area (Å²) in [4.78, 5) is 18.2. The molecule has 1 N–H and O–H groups in total. The highest BCUT2D eigenvalue weighted by molar-refractivity contribution is 9.10. The van der Waals surface area contributed by atoms with E-state index in [-0.39, 0.29) is 11.7 Å². The molecule has 98 valence electrons. The Bertz CT molecular complexity index is 592. The summed E-state index contributed by atoms with van der Waals surface area (Å²) < 4.78 is 0.558. The zero-order valence-electron chi connectivity index (χ0n) is 10.1. The van der Waals surface area contributed by atoms with Crippen LogP contribution in [0.2, 0.25) is 0 Å². The standard InChI is InChI=1S/C12H11BrN4O2/c1-8(9-2-4-14-5-3-9)16-12-11(13)6-10(7-15-12)17(18)19/h2-8H,1H3,(H,15,16). The Morgan fingerprint density at radius 2 is 2.11 bits per heavy atom. The number of aromatic nitrogens is 2. The molecule has 0 bridgehead atoms. The van der Waals surface area contributed by atoms with E-state index < -0.39 is 4.92 Å². The topological polar surface area (TPSA) is 81.0 Å². The lowest BCUT2D eigenvalue weighted by Gasteiger charge is -2.15. The largest absolute Gasteiger partial charge is 0.363 e. The molecule has 0 aliphatic carbocycles. The molecule has 6 nitrogen and oxygen atoms in total. The zero-order valence-corrected chi connectivity index (χ0v) is 11.7. The van der Waals surface area contributed by atoms with E-state index in [0.29, 0.717) is 10.3 Å². The van der Waals surface area contributed by atoms with Gasteiger partial charge in [-0.2, -0.15) is 0 Å². The van der Waals surface area contributed by atoms with E-state index in [1.807, 2.05) is 19.1 Å². The average molecular weight is 323 g/mol. The van der Waals surface area contributed by atoms with Crippen LogP contribution in [0.4, 0.5) is 11.5 Å². The molecule has 2 aromatic rings. The van der Waals surface area contributed by atoms with Gasteiger partial charge in [0.05, 0.1) is 15.4 Å². The molecule has 1 atom stereocenters. The third kappa shape index (κ3) is 3.25. The molecule has 7 heteroatoms. The monoisotopic (exact) mass is 322 g/mol. The van der Waals surface area contributed by atoms with Gasteiger partial charge in [0.25, 0.3) is 5.69 Å². The van der Waals surface area contributed by atoms with Gasteiger partial charge in [0.15, 0.2) is 0 Å². The van der Waals surface area contributed by atoms with Crippen LogP contribution in [-0.4, -0.2) is 14.9 Å². The van der Waals surface area contributed by atoms with Gasteiger partial charge in [-0.1, -0.05) is 0 Å². The second-order valence-electron chi connectivity index (χ2n) is 3.93. The van der Waals surface area contributed by atoms with Gasteiger partial charge in [-0.25, -0.2) is 4.98 Å². The Kier molecular flexibility index (Phi) is 4.06. The number of nitrogens with zero attached hydrogens (tertiary/aromatic N) is 3. The summed E-state index contributed by atoms with van der Waals surface area (Å²) in [6, 6.07) is 5.25. The molecule has 2 rings (SSSR count). The second kappa shape index (κ2) is 5.75. The van der Waals surface area contributed by atoms with Crippen molar-refractivity contribution < 1.29 is 4.92 Å². The van der Waals surface area contributed by atoms with Crippen LogP contribution in [0.1, 0.15) is 18.5 Å². The van der Waals surface area contributed by atoms with Crippen molar-refractivity contribution >= 4 is 27.4 Å². The molecule has 0 saturated heterocycles. The fourth-order valence-corrected chi connectivity index (χ4v) is 2.03. The fraction of sp³-hybridized carbons (Fsp3) is 0.167. The molecule has 0 radical (unpaired) electrons. The lowest BCUT2D eigenvalue weighted by Crippen LogP contribution is -2.08. The van der Waals surface area contributed by atoms with E-state index in [4.69, 9.17) is 0 Å². The molecule has 2 heterocycles. The van der Waals surface area contributed by atoms with Crippen LogP contribution in [0, 0.1) is 10.1 Å². The van der Waals surface area contributed by atoms with Gasteiger partial charge in [0.1, 0.15) is 12.0 Å². The van der Waals surface area contributed by atoms with Crippen molar-refractivity contribution in [1.29, 1.82) is 0 Å². The Balaban J connectivity index is 2.18. The molecular weight excluding hydrogens is 312 g/mol. The minimum absolute atomic E-state index is 0.0215. The quantitative estimate of drug-likeness (QED) is 0.689. The van der Waals surface area contributed by atoms with Crippen LogP contribution in [0.15, 0.2) is 41.3 Å². The minimum atomic E-state index is -0.478. The number of nitrogens with one attached hydrogen (secondary N) is 1. The molecule has 1 unspecified atom stereocenters. The molecule has 0 spiro atoms. The van der Waals surface area contributed by atoms with E-state index in [0.717, 1.165) is 5.56 Å². The van der Waals surface area contributed by atoms with Crippen molar-refractivity contribution in [1.82, 2.24) is 9.97 Å². The Morgan fingerprint density at radius 1 is 1.42 bits per heavy atom. The van der Waals surface area contributed by atoms with Gasteiger partial charge in [-0.05, 0) is 40.5 Å². The predicted octanol–water partition coefficient (Wildman–Crippen LogP) is 3.32. The number of halogens is 1. The summed E-state index contributed by atoms with van der Waals surface area (Å²) in [5.74, 6) is 0.565. The van der Waals surface area contributed by atoms with Crippen LogP contribution in [0.3, 0.4) is 0 Å². The number of nitro groups is 1. The maximum Gasteiger partial charge on any atom is 0.288 e. The summed E-state index contributed by atoms with van der Waals surface area (Å²) in [7, 11) is 0. The SMILES string of the molecule is CC(Nc1ncc([N+](=O)[O-])cc1Br)c1ccncc1. The number of pyridine rings is 2. The molecular formula is C12H11BrN4O2. The smallest absolute Gasteiger partial charge is 0.288 e. The van der Waals surface area contributed by atoms with Gasteiger partial charge >= 0.3 is 0 Å². The summed E-state index contributed by atoms with van der Waals surface area (Å²) in [5.41, 5.74) is 1.01. The Labute approximate surface area is 118 Å². The first-order chi connectivity index (χ1) is 9.08. The third-order valence-corrected chi connectivity index (χ3v) is 3.20. The van der Waals surface area contributed by atoms with Crippen LogP contribution in [-0.2, 0) is 0 Å². The van der Waals surface area contributed by atoms with E-state index in [2.05, 4.69) is 31.2 Å². The van der Waals surface area contributed by atoms with Crippen molar-refractivity contribution in [2.45, 2.75) is 13.0 Å². The van der Waals surface area contributed by atoms with Crippen LogP contribution < -0.4 is 5.32 Å². The lowest BCUT2D eigenvalue weighted by molar-refractivity contribution is -0.385. The normalized spacial score (nSPS) is 11.9. The number of hydrogen-bond donors (Lipinski definition) is 1. The maximum absolute atomic E-state index is 10.6. The van der Waals surface area contributed by atoms with Gasteiger partial charge in [0.2, 0.25) is 0 Å². The summed E-state index contributed by atoms with van der Waals surface area (Å²) in [6.45, 7) is 1.98. The summed E-state index contributed by atoms with van der Waals surface area (Å²) in [6.07, 6.45) is 4.66. The van der Waals surface area contributed by atoms with Gasteiger partial charge in [0, 0.05) is 18.5 Å². The zero-order chi connectivity index (χ0) is 13.8. The third-order valence-electron chi connectivity index (χ3n) is 2.60. The lowest BCUT2D eigenvalue weighted by atomic mass is 10.1. The highest BCUT2D eigenvalue weighted by Crippen LogP contribution is 2.27. The van der Waals surface area contributed by atoms with Gasteiger partial charge < -0.3 is 5.32 Å². The van der Waals surface area contributed by atoms with Crippen LogP contribution >= 0.6 is 15.9 Å². The van der Waals surface area contributed by atoms with Crippen molar-refractivity contribution in [2.24, 2.45) is 0 Å². The van der Waals surface area contributed by atoms with E-state index >= 15 is 0 Å². The average Bonchev–Trinajstić information content (AvgIpc) is 2.41. The first-order valence-electron chi connectivity index (χ1n) is 5.54. The van der Waals surface area contributed by atoms with Gasteiger partial charge in [-0.15, -0.1) is 0 Å². The van der Waals surface area contributed by atoms with Crippen molar-refractivity contribution in [3.63, 3.8) is 0 Å². The molecule has 19 heavy (non-hydrogen) atoms. The predicted molar refractivity (Wildman–Crippen MR) is 74.9 cm³/mol. The van der Waals surface area contributed by atoms with Crippen molar-refractivity contribution in [3.8, 4) is 0 Å². The Hall–Kier alpha value is -2.02. The highest BCUT2D eigenvalue weighted by atomic mass is 79.9. The highest BCUT2D eigenvalue weighted by Gasteiger charge is 2.13. The van der Waals surface area contributed by atoms with E-state index in [1.54, 1.807) is 12.4 Å². The molecule has 0 aliphatic rings.